The predicted octanol–water partition coefficient (Wildman–Crippen LogP) is -2.33. The van der Waals surface area contributed by atoms with E-state index in [2.05, 4.69) is 5.43 Å². The Hall–Kier alpha value is -1.60. The first-order chi connectivity index (χ1) is 11.1. The Bertz CT molecular complexity index is 692. The molecule has 2 rings (SSSR count). The SMILES string of the molecule is Cc1ccc(S(=O)(=O)NN[C@@H]2OC(C(=O)O)[C@@H](O)C(O)C2O)cc1. The average molecular weight is 362 g/mol. The van der Waals surface area contributed by atoms with E-state index in [4.69, 9.17) is 9.84 Å². The molecule has 0 radical (unpaired) electrons. The molecule has 1 aromatic carbocycles. The predicted molar refractivity (Wildman–Crippen MR) is 79.0 cm³/mol. The number of rotatable bonds is 5. The summed E-state index contributed by atoms with van der Waals surface area (Å²) < 4.78 is 29.1. The van der Waals surface area contributed by atoms with Gasteiger partial charge in [-0.05, 0) is 19.1 Å². The molecular weight excluding hydrogens is 344 g/mol. The van der Waals surface area contributed by atoms with Crippen molar-refractivity contribution in [2.75, 3.05) is 0 Å². The molecule has 10 nitrogen and oxygen atoms in total. The van der Waals surface area contributed by atoms with Crippen LogP contribution in [0.2, 0.25) is 0 Å². The van der Waals surface area contributed by atoms with Crippen molar-refractivity contribution < 1.29 is 38.4 Å². The van der Waals surface area contributed by atoms with E-state index in [1.54, 1.807) is 19.1 Å². The van der Waals surface area contributed by atoms with Gasteiger partial charge in [-0.25, -0.2) is 18.6 Å². The minimum Gasteiger partial charge on any atom is -0.479 e. The highest BCUT2D eigenvalue weighted by Crippen LogP contribution is 2.20. The zero-order valence-electron chi connectivity index (χ0n) is 12.5. The second-order valence-electron chi connectivity index (χ2n) is 5.35. The Morgan fingerprint density at radius 1 is 1.08 bits per heavy atom. The summed E-state index contributed by atoms with van der Waals surface area (Å²) in [6.45, 7) is 1.78. The van der Waals surface area contributed by atoms with Crippen molar-refractivity contribution in [2.24, 2.45) is 0 Å². The van der Waals surface area contributed by atoms with E-state index in [9.17, 15) is 28.5 Å². The number of hydrogen-bond acceptors (Lipinski definition) is 8. The molecule has 0 aromatic heterocycles. The zero-order chi connectivity index (χ0) is 18.1. The first kappa shape index (κ1) is 18.7. The fourth-order valence-electron chi connectivity index (χ4n) is 2.11. The van der Waals surface area contributed by atoms with E-state index in [-0.39, 0.29) is 4.90 Å². The molecule has 1 aliphatic heterocycles. The third kappa shape index (κ3) is 3.89. The van der Waals surface area contributed by atoms with Crippen molar-refractivity contribution in [3.05, 3.63) is 29.8 Å². The van der Waals surface area contributed by atoms with Crippen LogP contribution in [0.4, 0.5) is 0 Å². The number of aliphatic hydroxyl groups excluding tert-OH is 3. The van der Waals surface area contributed by atoms with Crippen LogP contribution in [-0.4, -0.2) is 65.5 Å². The van der Waals surface area contributed by atoms with Gasteiger partial charge in [-0.2, -0.15) is 0 Å². The van der Waals surface area contributed by atoms with Gasteiger partial charge in [-0.1, -0.05) is 17.7 Å². The van der Waals surface area contributed by atoms with Crippen LogP contribution < -0.4 is 10.3 Å². The lowest BCUT2D eigenvalue weighted by Gasteiger charge is -2.38. The maximum absolute atomic E-state index is 12.1. The quantitative estimate of drug-likeness (QED) is 0.315. The van der Waals surface area contributed by atoms with E-state index >= 15 is 0 Å². The first-order valence-corrected chi connectivity index (χ1v) is 8.38. The standard InChI is InChI=1S/C13H18N2O8S/c1-6-2-4-7(5-3-6)24(21,22)15-14-12-10(18)8(16)9(17)11(23-12)13(19)20/h2-5,8-12,14-18H,1H3,(H,19,20)/t8?,9-,10?,11?,12+/m0/s1. The van der Waals surface area contributed by atoms with Gasteiger partial charge in [0.15, 0.2) is 12.3 Å². The van der Waals surface area contributed by atoms with Gasteiger partial charge in [0.2, 0.25) is 0 Å². The Morgan fingerprint density at radius 2 is 1.67 bits per heavy atom. The summed E-state index contributed by atoms with van der Waals surface area (Å²) in [5.41, 5.74) is 2.97. The van der Waals surface area contributed by atoms with Crippen LogP contribution in [0, 0.1) is 6.92 Å². The van der Waals surface area contributed by atoms with Gasteiger partial charge in [0.05, 0.1) is 4.90 Å². The number of hydrogen-bond donors (Lipinski definition) is 6. The summed E-state index contributed by atoms with van der Waals surface area (Å²) in [7, 11) is -4.01. The van der Waals surface area contributed by atoms with E-state index < -0.39 is 46.6 Å². The minimum absolute atomic E-state index is 0.0683. The topological polar surface area (TPSA) is 165 Å². The van der Waals surface area contributed by atoms with Gasteiger partial charge >= 0.3 is 5.97 Å². The molecule has 1 aromatic rings. The molecule has 1 aliphatic rings. The van der Waals surface area contributed by atoms with Gasteiger partial charge in [0, 0.05) is 0 Å². The van der Waals surface area contributed by atoms with Gasteiger partial charge < -0.3 is 25.2 Å². The smallest absolute Gasteiger partial charge is 0.335 e. The molecule has 0 aliphatic carbocycles. The third-order valence-electron chi connectivity index (χ3n) is 3.52. The Labute approximate surface area is 137 Å². The maximum Gasteiger partial charge on any atom is 0.335 e. The van der Waals surface area contributed by atoms with Gasteiger partial charge in [-0.15, -0.1) is 4.83 Å². The number of aryl methyl sites for hydroxylation is 1. The van der Waals surface area contributed by atoms with Crippen LogP contribution in [0.3, 0.4) is 0 Å². The summed E-state index contributed by atoms with van der Waals surface area (Å²) >= 11 is 0. The van der Waals surface area contributed by atoms with Gasteiger partial charge in [0.1, 0.15) is 18.3 Å². The second-order valence-corrected chi connectivity index (χ2v) is 7.03. The molecule has 1 fully saturated rings. The largest absolute Gasteiger partial charge is 0.479 e. The molecule has 5 atom stereocenters. The second kappa shape index (κ2) is 7.11. The van der Waals surface area contributed by atoms with Crippen molar-refractivity contribution in [1.82, 2.24) is 10.3 Å². The Balaban J connectivity index is 2.09. The van der Waals surface area contributed by atoms with Crippen molar-refractivity contribution in [1.29, 1.82) is 0 Å². The lowest BCUT2D eigenvalue weighted by atomic mass is 9.98. The fourth-order valence-corrected chi connectivity index (χ4v) is 3.00. The number of sulfonamides is 1. The van der Waals surface area contributed by atoms with Crippen LogP contribution in [0.15, 0.2) is 29.2 Å². The Morgan fingerprint density at radius 3 is 2.21 bits per heavy atom. The van der Waals surface area contributed by atoms with Crippen molar-refractivity contribution in [3.63, 3.8) is 0 Å². The van der Waals surface area contributed by atoms with Crippen LogP contribution in [0.5, 0.6) is 0 Å². The number of aliphatic hydroxyl groups is 3. The summed E-state index contributed by atoms with van der Waals surface area (Å²) in [6, 6.07) is 5.88. The molecule has 6 N–H and O–H groups in total. The van der Waals surface area contributed by atoms with E-state index in [1.807, 2.05) is 4.83 Å². The average Bonchev–Trinajstić information content (AvgIpc) is 2.52. The number of hydrazine groups is 1. The van der Waals surface area contributed by atoms with E-state index in [0.29, 0.717) is 0 Å². The maximum atomic E-state index is 12.1. The lowest BCUT2D eigenvalue weighted by Crippen LogP contribution is -2.65. The third-order valence-corrected chi connectivity index (χ3v) is 4.80. The highest BCUT2D eigenvalue weighted by atomic mass is 32.2. The number of aliphatic carboxylic acids is 1. The zero-order valence-corrected chi connectivity index (χ0v) is 13.3. The monoisotopic (exact) mass is 362 g/mol. The molecule has 1 saturated heterocycles. The van der Waals surface area contributed by atoms with E-state index in [1.165, 1.54) is 12.1 Å². The number of carboxylic acids is 1. The number of benzene rings is 1. The van der Waals surface area contributed by atoms with E-state index in [0.717, 1.165) is 5.56 Å². The molecule has 1 heterocycles. The highest BCUT2D eigenvalue weighted by Gasteiger charge is 2.47. The molecule has 0 saturated carbocycles. The Kier molecular flexibility index (Phi) is 5.55. The van der Waals surface area contributed by atoms with Crippen LogP contribution >= 0.6 is 0 Å². The first-order valence-electron chi connectivity index (χ1n) is 6.90. The fraction of sp³-hybridized carbons (Fsp3) is 0.462. The number of ether oxygens (including phenoxy) is 1. The number of carbonyl (C=O) groups is 1. The molecule has 0 amide bonds. The molecular formula is C13H18N2O8S. The number of carboxylic acid groups (broad SMARTS) is 1. The summed E-state index contributed by atoms with van der Waals surface area (Å²) in [5.74, 6) is -1.57. The summed E-state index contributed by atoms with van der Waals surface area (Å²) in [6.07, 6.45) is -8.85. The lowest BCUT2D eigenvalue weighted by molar-refractivity contribution is -0.235. The molecule has 11 heteroatoms. The van der Waals surface area contributed by atoms with Crippen LogP contribution in [-0.2, 0) is 19.6 Å². The highest BCUT2D eigenvalue weighted by molar-refractivity contribution is 7.89. The van der Waals surface area contributed by atoms with Crippen LogP contribution in [0.1, 0.15) is 5.56 Å². The van der Waals surface area contributed by atoms with Crippen molar-refractivity contribution in [3.8, 4) is 0 Å². The molecule has 0 bridgehead atoms. The molecule has 134 valence electrons. The molecule has 0 spiro atoms. The normalized spacial score (nSPS) is 30.9. The van der Waals surface area contributed by atoms with Crippen molar-refractivity contribution >= 4 is 16.0 Å². The van der Waals surface area contributed by atoms with Gasteiger partial charge in [0.25, 0.3) is 10.0 Å². The van der Waals surface area contributed by atoms with Gasteiger partial charge in [-0.3, -0.25) is 0 Å². The summed E-state index contributed by atoms with van der Waals surface area (Å²) in [5, 5.41) is 37.9. The van der Waals surface area contributed by atoms with Crippen LogP contribution in [0.25, 0.3) is 0 Å². The van der Waals surface area contributed by atoms with Crippen molar-refractivity contribution in [2.45, 2.75) is 42.5 Å². The number of nitrogens with one attached hydrogen (secondary N) is 2. The summed E-state index contributed by atoms with van der Waals surface area (Å²) in [4.78, 5) is 12.8. The molecule has 3 unspecified atom stereocenters. The minimum atomic E-state index is -4.01. The molecule has 24 heavy (non-hydrogen) atoms.